The Morgan fingerprint density at radius 3 is 2.53 bits per heavy atom. The molecule has 0 unspecified atom stereocenters. The van der Waals surface area contributed by atoms with E-state index in [1.165, 1.54) is 13.0 Å². The van der Waals surface area contributed by atoms with Crippen LogP contribution in [-0.4, -0.2) is 0 Å². The molecule has 0 spiro atoms. The third-order valence-electron chi connectivity index (χ3n) is 2.51. The van der Waals surface area contributed by atoms with E-state index >= 15 is 0 Å². The first-order valence-electron chi connectivity index (χ1n) is 5.10. The van der Waals surface area contributed by atoms with E-state index in [4.69, 9.17) is 0 Å². The van der Waals surface area contributed by atoms with Crippen LogP contribution in [0.25, 0.3) is 0 Å². The predicted molar refractivity (Wildman–Crippen MR) is 59.3 cm³/mol. The molecule has 0 heterocycles. The highest BCUT2D eigenvalue weighted by Crippen LogP contribution is 2.33. The van der Waals surface area contributed by atoms with Crippen molar-refractivity contribution in [2.45, 2.75) is 32.6 Å². The summed E-state index contributed by atoms with van der Waals surface area (Å²) in [5.74, 6) is -2.71. The predicted octanol–water partition coefficient (Wildman–Crippen LogP) is 4.23. The second-order valence-electron chi connectivity index (χ2n) is 3.70. The number of allylic oxidation sites excluding steroid dienone is 1. The standard InChI is InChI=1S/C13H16F2/c1-4-6-11-7-8-12(10(3)9-11)13(14,15)5-2/h4,7-9H,1,5-6H2,2-3H3. The minimum absolute atomic E-state index is 0.137. The van der Waals surface area contributed by atoms with Crippen molar-refractivity contribution in [3.8, 4) is 0 Å². The summed E-state index contributed by atoms with van der Waals surface area (Å²) in [4.78, 5) is 0. The molecular weight excluding hydrogens is 194 g/mol. The number of aryl methyl sites for hydroxylation is 1. The first kappa shape index (κ1) is 11.9. The molecular formula is C13H16F2. The van der Waals surface area contributed by atoms with Gasteiger partial charge in [-0.1, -0.05) is 31.2 Å². The van der Waals surface area contributed by atoms with Crippen LogP contribution in [0.15, 0.2) is 30.9 Å². The minimum atomic E-state index is -2.71. The van der Waals surface area contributed by atoms with Crippen molar-refractivity contribution in [2.75, 3.05) is 0 Å². The van der Waals surface area contributed by atoms with Gasteiger partial charge in [-0.3, -0.25) is 0 Å². The van der Waals surface area contributed by atoms with Gasteiger partial charge in [0.1, 0.15) is 0 Å². The highest BCUT2D eigenvalue weighted by atomic mass is 19.3. The summed E-state index contributed by atoms with van der Waals surface area (Å²) in [6, 6.07) is 5.08. The first-order chi connectivity index (χ1) is 7.01. The van der Waals surface area contributed by atoms with Crippen LogP contribution in [0.4, 0.5) is 8.78 Å². The van der Waals surface area contributed by atoms with E-state index in [-0.39, 0.29) is 12.0 Å². The molecule has 0 fully saturated rings. The van der Waals surface area contributed by atoms with Gasteiger partial charge in [0, 0.05) is 12.0 Å². The summed E-state index contributed by atoms with van der Waals surface area (Å²) >= 11 is 0. The molecule has 0 saturated carbocycles. The van der Waals surface area contributed by atoms with Gasteiger partial charge in [-0.2, -0.15) is 0 Å². The molecule has 82 valence electrons. The van der Waals surface area contributed by atoms with Crippen LogP contribution in [0.5, 0.6) is 0 Å². The largest absolute Gasteiger partial charge is 0.273 e. The number of rotatable bonds is 4. The van der Waals surface area contributed by atoms with E-state index in [2.05, 4.69) is 6.58 Å². The zero-order valence-corrected chi connectivity index (χ0v) is 9.19. The van der Waals surface area contributed by atoms with Crippen LogP contribution < -0.4 is 0 Å². The highest BCUT2D eigenvalue weighted by Gasteiger charge is 2.30. The molecule has 0 aliphatic heterocycles. The Kier molecular flexibility index (Phi) is 3.61. The molecule has 0 aliphatic rings. The lowest BCUT2D eigenvalue weighted by Crippen LogP contribution is -2.13. The summed E-state index contributed by atoms with van der Waals surface area (Å²) in [6.45, 7) is 6.85. The van der Waals surface area contributed by atoms with E-state index in [1.807, 2.05) is 0 Å². The van der Waals surface area contributed by atoms with Crippen LogP contribution in [0.2, 0.25) is 0 Å². The van der Waals surface area contributed by atoms with Gasteiger partial charge in [0.15, 0.2) is 0 Å². The lowest BCUT2D eigenvalue weighted by atomic mass is 9.97. The van der Waals surface area contributed by atoms with Crippen molar-refractivity contribution in [3.05, 3.63) is 47.5 Å². The van der Waals surface area contributed by atoms with E-state index in [1.54, 1.807) is 25.1 Å². The van der Waals surface area contributed by atoms with Crippen LogP contribution in [0.1, 0.15) is 30.0 Å². The summed E-state index contributed by atoms with van der Waals surface area (Å²) in [6.07, 6.45) is 2.33. The summed E-state index contributed by atoms with van der Waals surface area (Å²) in [7, 11) is 0. The molecule has 0 bridgehead atoms. The lowest BCUT2D eigenvalue weighted by molar-refractivity contribution is -0.00889. The van der Waals surface area contributed by atoms with Crippen molar-refractivity contribution in [1.82, 2.24) is 0 Å². The minimum Gasteiger partial charge on any atom is -0.201 e. The van der Waals surface area contributed by atoms with E-state index in [0.29, 0.717) is 5.56 Å². The van der Waals surface area contributed by atoms with Crippen molar-refractivity contribution in [2.24, 2.45) is 0 Å². The average Bonchev–Trinajstić information content (AvgIpc) is 2.18. The molecule has 15 heavy (non-hydrogen) atoms. The van der Waals surface area contributed by atoms with Gasteiger partial charge in [-0.15, -0.1) is 6.58 Å². The van der Waals surface area contributed by atoms with Gasteiger partial charge >= 0.3 is 0 Å². The van der Waals surface area contributed by atoms with Gasteiger partial charge in [-0.05, 0) is 24.5 Å². The Morgan fingerprint density at radius 1 is 1.40 bits per heavy atom. The molecule has 0 amide bonds. The zero-order valence-electron chi connectivity index (χ0n) is 9.19. The summed E-state index contributed by atoms with van der Waals surface area (Å²) < 4.78 is 26.9. The lowest BCUT2D eigenvalue weighted by Gasteiger charge is -2.17. The fourth-order valence-electron chi connectivity index (χ4n) is 1.62. The Bertz CT molecular complexity index is 354. The molecule has 1 aromatic carbocycles. The van der Waals surface area contributed by atoms with E-state index in [9.17, 15) is 8.78 Å². The Balaban J connectivity index is 3.08. The van der Waals surface area contributed by atoms with Crippen LogP contribution >= 0.6 is 0 Å². The normalized spacial score (nSPS) is 11.5. The number of benzene rings is 1. The molecule has 0 saturated heterocycles. The maximum absolute atomic E-state index is 13.4. The maximum atomic E-state index is 13.4. The van der Waals surface area contributed by atoms with E-state index < -0.39 is 5.92 Å². The Hall–Kier alpha value is -1.18. The molecule has 0 aliphatic carbocycles. The third kappa shape index (κ3) is 2.65. The van der Waals surface area contributed by atoms with Crippen molar-refractivity contribution in [3.63, 3.8) is 0 Å². The SMILES string of the molecule is C=CCc1ccc(C(F)(F)CC)c(C)c1. The zero-order chi connectivity index (χ0) is 11.5. The fraction of sp³-hybridized carbons (Fsp3) is 0.385. The summed E-state index contributed by atoms with van der Waals surface area (Å²) in [5.41, 5.74) is 1.82. The number of hydrogen-bond acceptors (Lipinski definition) is 0. The summed E-state index contributed by atoms with van der Waals surface area (Å²) in [5, 5.41) is 0. The fourth-order valence-corrected chi connectivity index (χ4v) is 1.62. The van der Waals surface area contributed by atoms with Crippen LogP contribution in [-0.2, 0) is 12.3 Å². The monoisotopic (exact) mass is 210 g/mol. The average molecular weight is 210 g/mol. The molecule has 0 aromatic heterocycles. The first-order valence-corrected chi connectivity index (χ1v) is 5.10. The van der Waals surface area contributed by atoms with Crippen LogP contribution in [0, 0.1) is 6.92 Å². The molecule has 0 nitrogen and oxygen atoms in total. The number of alkyl halides is 2. The third-order valence-corrected chi connectivity index (χ3v) is 2.51. The van der Waals surface area contributed by atoms with Gasteiger partial charge in [-0.25, -0.2) is 8.78 Å². The van der Waals surface area contributed by atoms with Gasteiger partial charge < -0.3 is 0 Å². The second-order valence-corrected chi connectivity index (χ2v) is 3.70. The van der Waals surface area contributed by atoms with Crippen molar-refractivity contribution < 1.29 is 8.78 Å². The molecule has 2 heteroatoms. The molecule has 1 aromatic rings. The van der Waals surface area contributed by atoms with Crippen LogP contribution in [0.3, 0.4) is 0 Å². The molecule has 0 atom stereocenters. The topological polar surface area (TPSA) is 0 Å². The van der Waals surface area contributed by atoms with Gasteiger partial charge in [0.25, 0.3) is 5.92 Å². The molecule has 0 N–H and O–H groups in total. The molecule has 1 rings (SSSR count). The van der Waals surface area contributed by atoms with Gasteiger partial charge in [0.2, 0.25) is 0 Å². The van der Waals surface area contributed by atoms with Crippen molar-refractivity contribution >= 4 is 0 Å². The van der Waals surface area contributed by atoms with Crippen molar-refractivity contribution in [1.29, 1.82) is 0 Å². The number of hydrogen-bond donors (Lipinski definition) is 0. The second kappa shape index (κ2) is 4.56. The maximum Gasteiger partial charge on any atom is 0.273 e. The Morgan fingerprint density at radius 2 is 2.07 bits per heavy atom. The number of halogens is 2. The smallest absolute Gasteiger partial charge is 0.201 e. The quantitative estimate of drug-likeness (QED) is 0.652. The highest BCUT2D eigenvalue weighted by molar-refractivity contribution is 5.34. The van der Waals surface area contributed by atoms with E-state index in [0.717, 1.165) is 12.0 Å². The van der Waals surface area contributed by atoms with Gasteiger partial charge in [0.05, 0.1) is 0 Å². The molecule has 0 radical (unpaired) electrons. The Labute approximate surface area is 89.6 Å².